The summed E-state index contributed by atoms with van der Waals surface area (Å²) < 4.78 is 0. The van der Waals surface area contributed by atoms with Crippen molar-refractivity contribution in [2.45, 2.75) is 60.8 Å². The van der Waals surface area contributed by atoms with Crippen LogP contribution in [-0.4, -0.2) is 0 Å². The van der Waals surface area contributed by atoms with Gasteiger partial charge in [-0.1, -0.05) is 41.5 Å². The highest BCUT2D eigenvalue weighted by Gasteiger charge is 2.63. The van der Waals surface area contributed by atoms with Crippen molar-refractivity contribution in [3.05, 3.63) is 0 Å². The van der Waals surface area contributed by atoms with E-state index in [0.29, 0.717) is 16.2 Å². The number of rotatable bonds is 0. The molecule has 0 saturated heterocycles. The van der Waals surface area contributed by atoms with E-state index >= 15 is 0 Å². The highest BCUT2D eigenvalue weighted by Crippen LogP contribution is 2.71. The molecule has 3 atom stereocenters. The van der Waals surface area contributed by atoms with Gasteiger partial charge in [-0.25, -0.2) is 0 Å². The Bertz CT molecular complexity index is 243. The first-order valence-electron chi connectivity index (χ1n) is 6.19. The summed E-state index contributed by atoms with van der Waals surface area (Å²) in [6.45, 7) is 14.9. The molecule has 0 aromatic carbocycles. The maximum atomic E-state index is 2.55. The van der Waals surface area contributed by atoms with Gasteiger partial charge in [-0.15, -0.1) is 0 Å². The van der Waals surface area contributed by atoms with E-state index in [0.717, 1.165) is 11.8 Å². The van der Waals surface area contributed by atoms with Gasteiger partial charge in [0.15, 0.2) is 0 Å². The molecule has 0 heterocycles. The summed E-state index contributed by atoms with van der Waals surface area (Å²) in [5.41, 5.74) is 1.70. The normalized spacial score (nSPS) is 45.9. The Balaban J connectivity index is 2.37. The van der Waals surface area contributed by atoms with Crippen molar-refractivity contribution in [1.82, 2.24) is 0 Å². The third kappa shape index (κ3) is 1.06. The summed E-state index contributed by atoms with van der Waals surface area (Å²) in [6, 6.07) is 0. The lowest BCUT2D eigenvalue weighted by Gasteiger charge is -2.45. The molecule has 0 spiro atoms. The maximum absolute atomic E-state index is 2.55. The predicted molar refractivity (Wildman–Crippen MR) is 62.2 cm³/mol. The summed E-state index contributed by atoms with van der Waals surface area (Å²) in [7, 11) is 0. The molecule has 82 valence electrons. The average Bonchev–Trinajstić information content (AvgIpc) is 2.32. The lowest BCUT2D eigenvalue weighted by molar-refractivity contribution is 0.0358. The first kappa shape index (κ1) is 10.5. The fraction of sp³-hybridized carbons (Fsp3) is 1.00. The van der Waals surface area contributed by atoms with Gasteiger partial charge in [0.05, 0.1) is 0 Å². The Morgan fingerprint density at radius 3 is 1.86 bits per heavy atom. The second-order valence-electron chi connectivity index (χ2n) is 7.53. The van der Waals surface area contributed by atoms with Crippen LogP contribution in [0, 0.1) is 28.1 Å². The molecule has 2 bridgehead atoms. The first-order valence-corrected chi connectivity index (χ1v) is 6.19. The van der Waals surface area contributed by atoms with Crippen LogP contribution in [-0.2, 0) is 0 Å². The Morgan fingerprint density at radius 2 is 1.64 bits per heavy atom. The number of hydrogen-bond acceptors (Lipinski definition) is 0. The molecule has 0 aromatic heterocycles. The number of fused-ring (bicyclic) bond motifs is 2. The lowest BCUT2D eigenvalue weighted by Crippen LogP contribution is -2.38. The van der Waals surface area contributed by atoms with Crippen LogP contribution in [0.15, 0.2) is 0 Å². The van der Waals surface area contributed by atoms with E-state index < -0.39 is 0 Å². The molecular weight excluding hydrogens is 168 g/mol. The molecule has 2 aliphatic carbocycles. The molecule has 0 radical (unpaired) electrons. The molecule has 0 aromatic rings. The highest BCUT2D eigenvalue weighted by molar-refractivity contribution is 5.12. The largest absolute Gasteiger partial charge is 0.0599 e. The minimum Gasteiger partial charge on any atom is -0.0599 e. The monoisotopic (exact) mass is 194 g/mol. The highest BCUT2D eigenvalue weighted by atomic mass is 14.7. The van der Waals surface area contributed by atoms with Crippen LogP contribution in [0.4, 0.5) is 0 Å². The van der Waals surface area contributed by atoms with Gasteiger partial charge >= 0.3 is 0 Å². The molecule has 0 heteroatoms. The van der Waals surface area contributed by atoms with Gasteiger partial charge in [0.1, 0.15) is 0 Å². The molecule has 2 fully saturated rings. The number of hydrogen-bond donors (Lipinski definition) is 0. The zero-order valence-electron chi connectivity index (χ0n) is 10.8. The molecule has 2 aliphatic rings. The lowest BCUT2D eigenvalue weighted by atomic mass is 9.60. The summed E-state index contributed by atoms with van der Waals surface area (Å²) in [4.78, 5) is 0. The Labute approximate surface area is 89.5 Å². The van der Waals surface area contributed by atoms with Crippen LogP contribution in [0.5, 0.6) is 0 Å². The first-order chi connectivity index (χ1) is 6.19. The second-order valence-corrected chi connectivity index (χ2v) is 7.53. The standard InChI is InChI=1S/C14H26/c1-12(2,3)11-9-10-7-8-14(11,6)13(10,4)5/h10-11H,7-9H2,1-6H3/t10?,11?,14-/m0/s1. The fourth-order valence-electron chi connectivity index (χ4n) is 4.51. The van der Waals surface area contributed by atoms with Crippen LogP contribution in [0.3, 0.4) is 0 Å². The van der Waals surface area contributed by atoms with E-state index in [-0.39, 0.29) is 0 Å². The van der Waals surface area contributed by atoms with Crippen LogP contribution in [0.25, 0.3) is 0 Å². The van der Waals surface area contributed by atoms with E-state index in [1.165, 1.54) is 19.3 Å². The quantitative estimate of drug-likeness (QED) is 0.533. The molecule has 2 unspecified atom stereocenters. The van der Waals surface area contributed by atoms with Crippen LogP contribution < -0.4 is 0 Å². The van der Waals surface area contributed by atoms with Crippen molar-refractivity contribution in [2.75, 3.05) is 0 Å². The van der Waals surface area contributed by atoms with Crippen molar-refractivity contribution in [3.63, 3.8) is 0 Å². The smallest absolute Gasteiger partial charge is 0.0238 e. The molecule has 0 N–H and O–H groups in total. The van der Waals surface area contributed by atoms with E-state index in [1.807, 2.05) is 0 Å². The topological polar surface area (TPSA) is 0 Å². The van der Waals surface area contributed by atoms with Gasteiger partial charge in [-0.3, -0.25) is 0 Å². The summed E-state index contributed by atoms with van der Waals surface area (Å²) >= 11 is 0. The molecular formula is C14H26. The maximum Gasteiger partial charge on any atom is -0.0238 e. The van der Waals surface area contributed by atoms with Gasteiger partial charge in [0.25, 0.3) is 0 Å². The van der Waals surface area contributed by atoms with Gasteiger partial charge < -0.3 is 0 Å². The van der Waals surface area contributed by atoms with E-state index in [2.05, 4.69) is 41.5 Å². The molecule has 2 saturated carbocycles. The van der Waals surface area contributed by atoms with Gasteiger partial charge in [-0.2, -0.15) is 0 Å². The van der Waals surface area contributed by atoms with Gasteiger partial charge in [-0.05, 0) is 47.3 Å². The van der Waals surface area contributed by atoms with Crippen LogP contribution >= 0.6 is 0 Å². The van der Waals surface area contributed by atoms with Crippen LogP contribution in [0.2, 0.25) is 0 Å². The summed E-state index contributed by atoms with van der Waals surface area (Å²) in [5.74, 6) is 1.93. The Hall–Kier alpha value is 0. The van der Waals surface area contributed by atoms with Crippen LogP contribution in [0.1, 0.15) is 60.8 Å². The minimum atomic E-state index is 0.501. The molecule has 0 aliphatic heterocycles. The third-order valence-corrected chi connectivity index (χ3v) is 5.84. The van der Waals surface area contributed by atoms with Crippen molar-refractivity contribution < 1.29 is 0 Å². The average molecular weight is 194 g/mol. The van der Waals surface area contributed by atoms with Crippen molar-refractivity contribution in [3.8, 4) is 0 Å². The molecule has 0 nitrogen and oxygen atoms in total. The Morgan fingerprint density at radius 1 is 1.07 bits per heavy atom. The molecule has 2 rings (SSSR count). The second kappa shape index (κ2) is 2.57. The Kier molecular flexibility index (Phi) is 1.93. The van der Waals surface area contributed by atoms with Crippen molar-refractivity contribution in [2.24, 2.45) is 28.1 Å². The van der Waals surface area contributed by atoms with Gasteiger partial charge in [0.2, 0.25) is 0 Å². The van der Waals surface area contributed by atoms with Crippen molar-refractivity contribution in [1.29, 1.82) is 0 Å². The predicted octanol–water partition coefficient (Wildman–Crippen LogP) is 4.49. The summed E-state index contributed by atoms with van der Waals surface area (Å²) in [5, 5.41) is 0. The van der Waals surface area contributed by atoms with E-state index in [1.54, 1.807) is 0 Å². The van der Waals surface area contributed by atoms with E-state index in [9.17, 15) is 0 Å². The zero-order chi connectivity index (χ0) is 10.8. The third-order valence-electron chi connectivity index (χ3n) is 5.84. The molecule has 0 amide bonds. The van der Waals surface area contributed by atoms with Crippen molar-refractivity contribution >= 4 is 0 Å². The molecule has 14 heavy (non-hydrogen) atoms. The van der Waals surface area contributed by atoms with Gasteiger partial charge in [0, 0.05) is 0 Å². The minimum absolute atomic E-state index is 0.501. The fourth-order valence-corrected chi connectivity index (χ4v) is 4.51. The summed E-state index contributed by atoms with van der Waals surface area (Å²) in [6.07, 6.45) is 4.43. The van der Waals surface area contributed by atoms with E-state index in [4.69, 9.17) is 0 Å². The SMILES string of the molecule is CC(C)(C)C1CC2CC[C@]1(C)C2(C)C. The zero-order valence-corrected chi connectivity index (χ0v) is 10.8.